The molecule has 0 N–H and O–H groups in total. The van der Waals surface area contributed by atoms with Crippen LogP contribution in [-0.4, -0.2) is 20.3 Å². The lowest BCUT2D eigenvalue weighted by Gasteiger charge is -2.16. The molecule has 3 nitrogen and oxygen atoms in total. The third kappa shape index (κ3) is 1.77. The zero-order valence-electron chi connectivity index (χ0n) is 9.68. The molecule has 0 spiro atoms. The lowest BCUT2D eigenvalue weighted by atomic mass is 10.0. The molecule has 0 unspecified atom stereocenters. The first-order valence-corrected chi connectivity index (χ1v) is 5.69. The van der Waals surface area contributed by atoms with Gasteiger partial charge in [-0.25, -0.2) is 0 Å². The number of ether oxygens (including phenoxy) is 3. The van der Waals surface area contributed by atoms with E-state index in [0.29, 0.717) is 13.2 Å². The van der Waals surface area contributed by atoms with Crippen LogP contribution in [0.3, 0.4) is 0 Å². The Hall–Kier alpha value is -1.58. The molecule has 0 atom stereocenters. The van der Waals surface area contributed by atoms with Gasteiger partial charge < -0.3 is 14.2 Å². The molecule has 0 amide bonds. The smallest absolute Gasteiger partial charge is 0.188 e. The summed E-state index contributed by atoms with van der Waals surface area (Å²) in [5.41, 5.74) is 0.989. The quantitative estimate of drug-likeness (QED) is 0.794. The molecule has 2 aromatic rings. The van der Waals surface area contributed by atoms with E-state index in [0.717, 1.165) is 16.7 Å². The summed E-state index contributed by atoms with van der Waals surface area (Å²) in [5.74, 6) is 0.815. The maximum Gasteiger partial charge on any atom is 0.188 e. The monoisotopic (exact) mass is 230 g/mol. The molecule has 1 heterocycles. The van der Waals surface area contributed by atoms with E-state index in [-0.39, 0.29) is 6.29 Å². The topological polar surface area (TPSA) is 27.7 Å². The molecule has 1 aliphatic rings. The number of methoxy groups -OCH3 is 1. The minimum absolute atomic E-state index is 0.309. The van der Waals surface area contributed by atoms with Crippen LogP contribution in [0, 0.1) is 0 Å². The lowest BCUT2D eigenvalue weighted by Crippen LogP contribution is -2.02. The van der Waals surface area contributed by atoms with Crippen LogP contribution < -0.4 is 4.74 Å². The van der Waals surface area contributed by atoms with Crippen LogP contribution in [0.2, 0.25) is 0 Å². The maximum atomic E-state index is 5.59. The van der Waals surface area contributed by atoms with Gasteiger partial charge in [-0.3, -0.25) is 0 Å². The average Bonchev–Trinajstić information content (AvgIpc) is 2.91. The van der Waals surface area contributed by atoms with Crippen LogP contribution >= 0.6 is 0 Å². The Morgan fingerprint density at radius 1 is 1.06 bits per heavy atom. The van der Waals surface area contributed by atoms with E-state index < -0.39 is 0 Å². The molecule has 1 fully saturated rings. The summed E-state index contributed by atoms with van der Waals surface area (Å²) >= 11 is 0. The van der Waals surface area contributed by atoms with Gasteiger partial charge in [-0.05, 0) is 16.8 Å². The van der Waals surface area contributed by atoms with Crippen molar-refractivity contribution in [1.29, 1.82) is 0 Å². The molecule has 0 bridgehead atoms. The number of fused-ring (bicyclic) bond motifs is 1. The molecule has 0 aliphatic carbocycles. The van der Waals surface area contributed by atoms with Crippen LogP contribution in [0.1, 0.15) is 11.9 Å². The number of hydrogen-bond donors (Lipinski definition) is 0. The Morgan fingerprint density at radius 2 is 1.82 bits per heavy atom. The van der Waals surface area contributed by atoms with Crippen molar-refractivity contribution in [2.24, 2.45) is 0 Å². The average molecular weight is 230 g/mol. The van der Waals surface area contributed by atoms with Gasteiger partial charge >= 0.3 is 0 Å². The largest absolute Gasteiger partial charge is 0.496 e. The van der Waals surface area contributed by atoms with Gasteiger partial charge in [-0.1, -0.05) is 30.3 Å². The molecule has 0 aromatic heterocycles. The van der Waals surface area contributed by atoms with Crippen molar-refractivity contribution in [3.63, 3.8) is 0 Å². The molecule has 88 valence electrons. The van der Waals surface area contributed by atoms with E-state index in [4.69, 9.17) is 14.2 Å². The second-order valence-corrected chi connectivity index (χ2v) is 3.98. The van der Waals surface area contributed by atoms with E-state index in [1.165, 1.54) is 5.39 Å². The van der Waals surface area contributed by atoms with Crippen molar-refractivity contribution < 1.29 is 14.2 Å². The Kier molecular flexibility index (Phi) is 2.71. The number of rotatable bonds is 2. The third-order valence-electron chi connectivity index (χ3n) is 3.01. The Bertz CT molecular complexity index is 530. The Morgan fingerprint density at radius 3 is 2.59 bits per heavy atom. The van der Waals surface area contributed by atoms with Crippen LogP contribution in [0.15, 0.2) is 36.4 Å². The van der Waals surface area contributed by atoms with Crippen LogP contribution in [0.5, 0.6) is 5.75 Å². The molecule has 1 aliphatic heterocycles. The van der Waals surface area contributed by atoms with E-state index in [2.05, 4.69) is 12.1 Å². The van der Waals surface area contributed by atoms with Crippen molar-refractivity contribution in [3.05, 3.63) is 42.0 Å². The minimum atomic E-state index is -0.309. The zero-order chi connectivity index (χ0) is 11.7. The van der Waals surface area contributed by atoms with Crippen molar-refractivity contribution in [1.82, 2.24) is 0 Å². The highest BCUT2D eigenvalue weighted by Crippen LogP contribution is 2.36. The third-order valence-corrected chi connectivity index (χ3v) is 3.01. The fraction of sp³-hybridized carbons (Fsp3) is 0.286. The van der Waals surface area contributed by atoms with E-state index in [1.54, 1.807) is 7.11 Å². The highest BCUT2D eigenvalue weighted by Gasteiger charge is 2.24. The summed E-state index contributed by atoms with van der Waals surface area (Å²) in [6, 6.07) is 12.2. The molecular weight excluding hydrogens is 216 g/mol. The Balaban J connectivity index is 2.23. The van der Waals surface area contributed by atoms with Crippen molar-refractivity contribution in [2.45, 2.75) is 6.29 Å². The zero-order valence-corrected chi connectivity index (χ0v) is 9.68. The van der Waals surface area contributed by atoms with E-state index in [1.807, 2.05) is 24.3 Å². The number of hydrogen-bond acceptors (Lipinski definition) is 3. The van der Waals surface area contributed by atoms with Gasteiger partial charge in [0.1, 0.15) is 5.75 Å². The van der Waals surface area contributed by atoms with E-state index in [9.17, 15) is 0 Å². The van der Waals surface area contributed by atoms with Gasteiger partial charge in [-0.15, -0.1) is 0 Å². The molecule has 1 saturated heterocycles. The molecule has 3 heteroatoms. The Labute approximate surface area is 99.9 Å². The van der Waals surface area contributed by atoms with Gasteiger partial charge in [-0.2, -0.15) is 0 Å². The predicted octanol–water partition coefficient (Wildman–Crippen LogP) is 2.89. The minimum Gasteiger partial charge on any atom is -0.496 e. The molecular formula is C14H14O3. The summed E-state index contributed by atoms with van der Waals surface area (Å²) in [4.78, 5) is 0. The lowest BCUT2D eigenvalue weighted by molar-refractivity contribution is -0.0443. The van der Waals surface area contributed by atoms with Gasteiger partial charge in [0.2, 0.25) is 0 Å². The summed E-state index contributed by atoms with van der Waals surface area (Å²) in [6.45, 7) is 1.27. The summed E-state index contributed by atoms with van der Waals surface area (Å²) in [5, 5.41) is 2.29. The highest BCUT2D eigenvalue weighted by atomic mass is 16.7. The first kappa shape index (κ1) is 10.6. The van der Waals surface area contributed by atoms with E-state index >= 15 is 0 Å². The number of benzene rings is 2. The molecule has 3 rings (SSSR count). The maximum absolute atomic E-state index is 5.59. The summed E-state index contributed by atoms with van der Waals surface area (Å²) < 4.78 is 16.6. The van der Waals surface area contributed by atoms with Gasteiger partial charge in [0.05, 0.1) is 25.9 Å². The summed E-state index contributed by atoms with van der Waals surface area (Å²) in [6.07, 6.45) is -0.309. The van der Waals surface area contributed by atoms with Gasteiger partial charge in [0, 0.05) is 0 Å². The molecule has 17 heavy (non-hydrogen) atoms. The highest BCUT2D eigenvalue weighted by molar-refractivity contribution is 5.88. The second-order valence-electron chi connectivity index (χ2n) is 3.98. The molecule has 0 saturated carbocycles. The standard InChI is InChI=1S/C14H14O3/c1-15-12-7-6-10-4-2-3-5-11(10)13(12)14-16-8-9-17-14/h2-7,14H,8-9H2,1H3. The van der Waals surface area contributed by atoms with Crippen LogP contribution in [-0.2, 0) is 9.47 Å². The fourth-order valence-corrected chi connectivity index (χ4v) is 2.22. The van der Waals surface area contributed by atoms with Crippen LogP contribution in [0.4, 0.5) is 0 Å². The second kappa shape index (κ2) is 4.35. The predicted molar refractivity (Wildman–Crippen MR) is 65.1 cm³/mol. The van der Waals surface area contributed by atoms with Crippen molar-refractivity contribution >= 4 is 10.8 Å². The fourth-order valence-electron chi connectivity index (χ4n) is 2.22. The van der Waals surface area contributed by atoms with Crippen molar-refractivity contribution in [2.75, 3.05) is 20.3 Å². The first-order valence-electron chi connectivity index (χ1n) is 5.69. The van der Waals surface area contributed by atoms with Gasteiger partial charge in [0.15, 0.2) is 6.29 Å². The van der Waals surface area contributed by atoms with Gasteiger partial charge in [0.25, 0.3) is 0 Å². The summed E-state index contributed by atoms with van der Waals surface area (Å²) in [7, 11) is 1.67. The normalized spacial score (nSPS) is 16.5. The molecule has 0 radical (unpaired) electrons. The SMILES string of the molecule is COc1ccc2ccccc2c1C1OCCO1. The van der Waals surface area contributed by atoms with Crippen molar-refractivity contribution in [3.8, 4) is 5.75 Å². The first-order chi connectivity index (χ1) is 8.40. The van der Waals surface area contributed by atoms with Crippen LogP contribution in [0.25, 0.3) is 10.8 Å². The molecule has 2 aromatic carbocycles.